The van der Waals surface area contributed by atoms with Crippen molar-refractivity contribution in [3.05, 3.63) is 59.2 Å². The van der Waals surface area contributed by atoms with Gasteiger partial charge in [0.1, 0.15) is 24.0 Å². The molecule has 2 aliphatic rings. The molecule has 4 nitrogen and oxygen atoms in total. The molecule has 1 fully saturated rings. The zero-order chi connectivity index (χ0) is 18.3. The second kappa shape index (κ2) is 6.53. The van der Waals surface area contributed by atoms with Crippen LogP contribution in [0.25, 0.3) is 17.2 Å². The van der Waals surface area contributed by atoms with Crippen LogP contribution in [0.2, 0.25) is 0 Å². The number of aliphatic carboxylic acids is 1. The summed E-state index contributed by atoms with van der Waals surface area (Å²) < 4.78 is 32.8. The molecule has 2 aromatic rings. The average Bonchev–Trinajstić information content (AvgIpc) is 2.57. The highest BCUT2D eigenvalue weighted by atomic mass is 19.1. The van der Waals surface area contributed by atoms with Crippen LogP contribution in [0.5, 0.6) is 5.75 Å². The Morgan fingerprint density at radius 1 is 1.19 bits per heavy atom. The predicted octanol–water partition coefficient (Wildman–Crippen LogP) is 3.42. The summed E-state index contributed by atoms with van der Waals surface area (Å²) in [6, 6.07) is 8.90. The van der Waals surface area contributed by atoms with Gasteiger partial charge in [0.15, 0.2) is 0 Å². The van der Waals surface area contributed by atoms with E-state index in [4.69, 9.17) is 9.84 Å². The number of rotatable bonds is 4. The smallest absolute Gasteiger partial charge is 0.309 e. The number of hydrogen-bond acceptors (Lipinski definition) is 3. The van der Waals surface area contributed by atoms with Crippen molar-refractivity contribution in [2.45, 2.75) is 0 Å². The van der Waals surface area contributed by atoms with Gasteiger partial charge in [-0.05, 0) is 35.4 Å². The van der Waals surface area contributed by atoms with Gasteiger partial charge in [0, 0.05) is 36.8 Å². The van der Waals surface area contributed by atoms with Crippen molar-refractivity contribution in [2.24, 2.45) is 5.92 Å². The Morgan fingerprint density at radius 2 is 2.00 bits per heavy atom. The van der Waals surface area contributed by atoms with Crippen molar-refractivity contribution in [2.75, 3.05) is 26.2 Å². The van der Waals surface area contributed by atoms with Crippen LogP contribution in [0.4, 0.5) is 8.78 Å². The number of carbonyl (C=O) groups is 1. The first kappa shape index (κ1) is 16.7. The minimum atomic E-state index is -0.749. The SMILES string of the molecule is O=C(O)C1CN(CC2=Cc3ccc(-c4ccc(F)cc4F)cc3OC2)C1. The summed E-state index contributed by atoms with van der Waals surface area (Å²) in [6.07, 6.45) is 2.03. The molecule has 0 saturated carbocycles. The standard InChI is InChI=1S/C20H17F2NO3/c21-16-3-4-17(18(22)7-16)13-1-2-14-5-12(11-26-19(14)6-13)8-23-9-15(10-23)20(24)25/h1-7,15H,8-11H2,(H,24,25). The zero-order valence-electron chi connectivity index (χ0n) is 13.9. The molecule has 26 heavy (non-hydrogen) atoms. The molecule has 2 heterocycles. The Bertz CT molecular complexity index is 904. The number of benzene rings is 2. The lowest BCUT2D eigenvalue weighted by molar-refractivity contribution is -0.147. The topological polar surface area (TPSA) is 49.8 Å². The van der Waals surface area contributed by atoms with E-state index < -0.39 is 17.6 Å². The van der Waals surface area contributed by atoms with Crippen LogP contribution < -0.4 is 4.74 Å². The molecule has 0 unspecified atom stereocenters. The van der Waals surface area contributed by atoms with Gasteiger partial charge in [-0.3, -0.25) is 9.69 Å². The summed E-state index contributed by atoms with van der Waals surface area (Å²) in [4.78, 5) is 12.9. The third-order valence-corrected chi connectivity index (χ3v) is 4.76. The number of halogens is 2. The molecule has 0 aromatic heterocycles. The zero-order valence-corrected chi connectivity index (χ0v) is 13.9. The second-order valence-electron chi connectivity index (χ2n) is 6.70. The van der Waals surface area contributed by atoms with Crippen molar-refractivity contribution >= 4 is 12.0 Å². The van der Waals surface area contributed by atoms with E-state index >= 15 is 0 Å². The number of ether oxygens (including phenoxy) is 1. The third kappa shape index (κ3) is 3.20. The van der Waals surface area contributed by atoms with Gasteiger partial charge in [-0.1, -0.05) is 12.1 Å². The molecule has 134 valence electrons. The van der Waals surface area contributed by atoms with E-state index in [9.17, 15) is 13.6 Å². The van der Waals surface area contributed by atoms with Crippen molar-refractivity contribution in [3.8, 4) is 16.9 Å². The molecule has 0 aliphatic carbocycles. The highest BCUT2D eigenvalue weighted by molar-refractivity contribution is 5.73. The predicted molar refractivity (Wildman–Crippen MR) is 92.8 cm³/mol. The average molecular weight is 357 g/mol. The van der Waals surface area contributed by atoms with Gasteiger partial charge >= 0.3 is 5.97 Å². The first-order valence-electron chi connectivity index (χ1n) is 8.36. The van der Waals surface area contributed by atoms with E-state index in [0.29, 0.717) is 43.1 Å². The van der Waals surface area contributed by atoms with E-state index in [1.54, 1.807) is 12.1 Å². The Labute approximate surface area is 149 Å². The van der Waals surface area contributed by atoms with E-state index in [-0.39, 0.29) is 5.92 Å². The van der Waals surface area contributed by atoms with Gasteiger partial charge in [0.2, 0.25) is 0 Å². The van der Waals surface area contributed by atoms with E-state index in [1.165, 1.54) is 12.1 Å². The highest BCUT2D eigenvalue weighted by Crippen LogP contribution is 2.33. The summed E-state index contributed by atoms with van der Waals surface area (Å²) in [5, 5.41) is 8.93. The first-order valence-corrected chi connectivity index (χ1v) is 8.36. The van der Waals surface area contributed by atoms with Crippen LogP contribution >= 0.6 is 0 Å². The number of carboxylic acid groups (broad SMARTS) is 1. The second-order valence-corrected chi connectivity index (χ2v) is 6.70. The molecule has 1 N–H and O–H groups in total. The van der Waals surface area contributed by atoms with Crippen LogP contribution in [0.1, 0.15) is 5.56 Å². The number of nitrogens with zero attached hydrogens (tertiary/aromatic N) is 1. The van der Waals surface area contributed by atoms with Crippen molar-refractivity contribution < 1.29 is 23.4 Å². The summed E-state index contributed by atoms with van der Waals surface area (Å²) >= 11 is 0. The number of hydrogen-bond donors (Lipinski definition) is 1. The van der Waals surface area contributed by atoms with Crippen LogP contribution in [-0.2, 0) is 4.79 Å². The van der Waals surface area contributed by atoms with Crippen LogP contribution in [0.15, 0.2) is 42.0 Å². The minimum Gasteiger partial charge on any atom is -0.489 e. The monoisotopic (exact) mass is 357 g/mol. The fourth-order valence-electron chi connectivity index (χ4n) is 3.34. The molecule has 0 radical (unpaired) electrons. The molecule has 0 atom stereocenters. The Balaban J connectivity index is 1.50. The molecule has 2 aliphatic heterocycles. The lowest BCUT2D eigenvalue weighted by Gasteiger charge is -2.37. The van der Waals surface area contributed by atoms with Crippen LogP contribution in [0.3, 0.4) is 0 Å². The third-order valence-electron chi connectivity index (χ3n) is 4.76. The van der Waals surface area contributed by atoms with Gasteiger partial charge in [0.05, 0.1) is 5.92 Å². The summed E-state index contributed by atoms with van der Waals surface area (Å²) in [5.74, 6) is -1.59. The molecular formula is C20H17F2NO3. The quantitative estimate of drug-likeness (QED) is 0.911. The molecule has 6 heteroatoms. The summed E-state index contributed by atoms with van der Waals surface area (Å²) in [6.45, 7) is 2.21. The van der Waals surface area contributed by atoms with Crippen LogP contribution in [-0.4, -0.2) is 42.2 Å². The van der Waals surface area contributed by atoms with E-state index in [1.807, 2.05) is 12.1 Å². The molecule has 4 rings (SSSR count). The number of carboxylic acids is 1. The maximum atomic E-state index is 14.0. The normalized spacial score (nSPS) is 17.1. The Morgan fingerprint density at radius 3 is 2.73 bits per heavy atom. The van der Waals surface area contributed by atoms with Crippen molar-refractivity contribution in [1.29, 1.82) is 0 Å². The van der Waals surface area contributed by atoms with Crippen LogP contribution in [0, 0.1) is 17.6 Å². The summed E-state index contributed by atoms with van der Waals surface area (Å²) in [5.41, 5.74) is 2.92. The van der Waals surface area contributed by atoms with E-state index in [2.05, 4.69) is 4.90 Å². The van der Waals surface area contributed by atoms with Gasteiger partial charge in [0.25, 0.3) is 0 Å². The molecule has 1 saturated heterocycles. The lowest BCUT2D eigenvalue weighted by Crippen LogP contribution is -2.51. The van der Waals surface area contributed by atoms with Crippen molar-refractivity contribution in [1.82, 2.24) is 4.90 Å². The fraction of sp³-hybridized carbons (Fsp3) is 0.250. The van der Waals surface area contributed by atoms with Gasteiger partial charge in [-0.25, -0.2) is 8.78 Å². The maximum Gasteiger partial charge on any atom is 0.309 e. The maximum absolute atomic E-state index is 14.0. The van der Waals surface area contributed by atoms with Gasteiger partial charge in [-0.15, -0.1) is 0 Å². The van der Waals surface area contributed by atoms with Gasteiger partial charge in [-0.2, -0.15) is 0 Å². The lowest BCUT2D eigenvalue weighted by atomic mass is 9.97. The fourth-order valence-corrected chi connectivity index (χ4v) is 3.34. The highest BCUT2D eigenvalue weighted by Gasteiger charge is 2.32. The van der Waals surface area contributed by atoms with Gasteiger partial charge < -0.3 is 9.84 Å². The molecule has 0 spiro atoms. The molecule has 2 aromatic carbocycles. The molecule has 0 bridgehead atoms. The minimum absolute atomic E-state index is 0.277. The number of fused-ring (bicyclic) bond motifs is 1. The van der Waals surface area contributed by atoms with Crippen molar-refractivity contribution in [3.63, 3.8) is 0 Å². The Kier molecular flexibility index (Phi) is 4.20. The molecule has 0 amide bonds. The van der Waals surface area contributed by atoms with E-state index in [0.717, 1.165) is 17.2 Å². The first-order chi connectivity index (χ1) is 12.5. The Hall–Kier alpha value is -2.73. The largest absolute Gasteiger partial charge is 0.489 e. The number of likely N-dealkylation sites (tertiary alicyclic amines) is 1. The summed E-state index contributed by atoms with van der Waals surface area (Å²) in [7, 11) is 0. The molecular weight excluding hydrogens is 340 g/mol.